The van der Waals surface area contributed by atoms with Crippen LogP contribution in [0.1, 0.15) is 10.4 Å². The van der Waals surface area contributed by atoms with Crippen molar-refractivity contribution in [2.45, 2.75) is 0 Å². The number of halogens is 1. The molecule has 4 rings (SSSR count). The van der Waals surface area contributed by atoms with E-state index in [4.69, 9.17) is 9.47 Å². The summed E-state index contributed by atoms with van der Waals surface area (Å²) < 4.78 is 24.8. The number of ether oxygens (including phenoxy) is 2. The van der Waals surface area contributed by atoms with E-state index < -0.39 is 11.7 Å². The number of fused-ring (bicyclic) bond motifs is 1. The summed E-state index contributed by atoms with van der Waals surface area (Å²) in [5.41, 5.74) is 1.62. The fourth-order valence-electron chi connectivity index (χ4n) is 2.90. The number of nitrogens with zero attached hydrogens (tertiary/aromatic N) is 1. The van der Waals surface area contributed by atoms with Crippen LogP contribution in [0.5, 0.6) is 11.5 Å². The maximum absolute atomic E-state index is 13.0. The molecule has 0 fully saturated rings. The summed E-state index contributed by atoms with van der Waals surface area (Å²) in [5, 5.41) is 5.88. The summed E-state index contributed by atoms with van der Waals surface area (Å²) >= 11 is 1.38. The average molecular weight is 451 g/mol. The maximum atomic E-state index is 13.0. The summed E-state index contributed by atoms with van der Waals surface area (Å²) in [4.78, 5) is 29.1. The monoisotopic (exact) mass is 451 g/mol. The highest BCUT2D eigenvalue weighted by molar-refractivity contribution is 7.22. The van der Waals surface area contributed by atoms with E-state index in [-0.39, 0.29) is 12.5 Å². The molecular formula is C23H18FN3O4S. The van der Waals surface area contributed by atoms with E-state index in [1.807, 2.05) is 24.3 Å². The van der Waals surface area contributed by atoms with Crippen LogP contribution in [0.25, 0.3) is 10.2 Å². The van der Waals surface area contributed by atoms with Crippen LogP contribution in [0.3, 0.4) is 0 Å². The van der Waals surface area contributed by atoms with Crippen LogP contribution in [-0.2, 0) is 4.79 Å². The molecule has 4 aromatic rings. The van der Waals surface area contributed by atoms with Crippen LogP contribution in [0.15, 0.2) is 66.7 Å². The van der Waals surface area contributed by atoms with Crippen molar-refractivity contribution in [2.24, 2.45) is 0 Å². The van der Waals surface area contributed by atoms with Gasteiger partial charge in [-0.05, 0) is 54.6 Å². The standard InChI is InChI=1S/C23H18FN3O4S/c1-30-19-12-14(22(29)27-23-26-17-4-2-3-5-20(17)32-23)6-11-18(19)31-13-21(28)25-16-9-7-15(24)8-10-16/h2-12H,13H2,1H3,(H,25,28)(H,26,27,29). The van der Waals surface area contributed by atoms with Crippen molar-refractivity contribution in [2.75, 3.05) is 24.4 Å². The minimum atomic E-state index is -0.420. The third-order valence-corrected chi connectivity index (χ3v) is 5.38. The topological polar surface area (TPSA) is 89.6 Å². The van der Waals surface area contributed by atoms with Gasteiger partial charge in [-0.2, -0.15) is 0 Å². The maximum Gasteiger partial charge on any atom is 0.262 e. The Morgan fingerprint density at radius 2 is 1.78 bits per heavy atom. The molecule has 2 amide bonds. The molecule has 0 bridgehead atoms. The van der Waals surface area contributed by atoms with E-state index in [0.717, 1.165) is 10.2 Å². The van der Waals surface area contributed by atoms with Crippen molar-refractivity contribution < 1.29 is 23.5 Å². The first-order valence-corrected chi connectivity index (χ1v) is 10.4. The number of anilines is 2. The number of hydrogen-bond donors (Lipinski definition) is 2. The largest absolute Gasteiger partial charge is 0.493 e. The first kappa shape index (κ1) is 21.3. The number of benzene rings is 3. The van der Waals surface area contributed by atoms with Crippen molar-refractivity contribution in [3.05, 3.63) is 78.1 Å². The van der Waals surface area contributed by atoms with E-state index in [0.29, 0.717) is 27.9 Å². The molecule has 162 valence electrons. The second kappa shape index (κ2) is 9.44. The number of methoxy groups -OCH3 is 1. The number of rotatable bonds is 7. The Balaban J connectivity index is 1.39. The van der Waals surface area contributed by atoms with Crippen molar-refractivity contribution in [3.63, 3.8) is 0 Å². The SMILES string of the molecule is COc1cc(C(=O)Nc2nc3ccccc3s2)ccc1OCC(=O)Nc1ccc(F)cc1. The van der Waals surface area contributed by atoms with E-state index >= 15 is 0 Å². The first-order chi connectivity index (χ1) is 15.5. The van der Waals surface area contributed by atoms with Crippen molar-refractivity contribution in [1.82, 2.24) is 4.98 Å². The number of amides is 2. The normalized spacial score (nSPS) is 10.6. The van der Waals surface area contributed by atoms with Gasteiger partial charge < -0.3 is 14.8 Å². The molecule has 0 saturated carbocycles. The highest BCUT2D eigenvalue weighted by Crippen LogP contribution is 2.30. The van der Waals surface area contributed by atoms with Crippen LogP contribution in [0.2, 0.25) is 0 Å². The van der Waals surface area contributed by atoms with Gasteiger partial charge in [0.2, 0.25) is 0 Å². The molecule has 1 heterocycles. The lowest BCUT2D eigenvalue weighted by Gasteiger charge is -2.12. The molecule has 0 saturated heterocycles. The first-order valence-electron chi connectivity index (χ1n) is 9.55. The minimum Gasteiger partial charge on any atom is -0.493 e. The number of thiazole rings is 1. The molecule has 0 atom stereocenters. The highest BCUT2D eigenvalue weighted by Gasteiger charge is 2.14. The average Bonchev–Trinajstić information content (AvgIpc) is 3.21. The lowest BCUT2D eigenvalue weighted by molar-refractivity contribution is -0.118. The van der Waals surface area contributed by atoms with Crippen molar-refractivity contribution in [3.8, 4) is 11.5 Å². The molecule has 1 aromatic heterocycles. The second-order valence-electron chi connectivity index (χ2n) is 6.65. The lowest BCUT2D eigenvalue weighted by atomic mass is 10.2. The van der Waals surface area contributed by atoms with Crippen LogP contribution >= 0.6 is 11.3 Å². The second-order valence-corrected chi connectivity index (χ2v) is 7.68. The van der Waals surface area contributed by atoms with Gasteiger partial charge >= 0.3 is 0 Å². The Hall–Kier alpha value is -3.98. The number of aromatic nitrogens is 1. The smallest absolute Gasteiger partial charge is 0.262 e. The summed E-state index contributed by atoms with van der Waals surface area (Å²) in [5.74, 6) is -0.551. The molecule has 2 N–H and O–H groups in total. The Morgan fingerprint density at radius 1 is 1.00 bits per heavy atom. The molecule has 0 unspecified atom stereocenters. The molecule has 0 aliphatic carbocycles. The van der Waals surface area contributed by atoms with Gasteiger partial charge in [-0.25, -0.2) is 9.37 Å². The highest BCUT2D eigenvalue weighted by atomic mass is 32.1. The van der Waals surface area contributed by atoms with E-state index in [1.165, 1.54) is 48.8 Å². The van der Waals surface area contributed by atoms with Crippen LogP contribution < -0.4 is 20.1 Å². The van der Waals surface area contributed by atoms with Crippen molar-refractivity contribution >= 4 is 44.2 Å². The Kier molecular flexibility index (Phi) is 6.27. The van der Waals surface area contributed by atoms with Gasteiger partial charge in [0.25, 0.3) is 11.8 Å². The Labute approximate surface area is 186 Å². The zero-order valence-corrected chi connectivity index (χ0v) is 17.7. The third-order valence-electron chi connectivity index (χ3n) is 4.43. The number of hydrogen-bond acceptors (Lipinski definition) is 6. The summed E-state index contributed by atoms with van der Waals surface area (Å²) in [7, 11) is 1.44. The van der Waals surface area contributed by atoms with Crippen molar-refractivity contribution in [1.29, 1.82) is 0 Å². The molecule has 32 heavy (non-hydrogen) atoms. The molecule has 9 heteroatoms. The zero-order chi connectivity index (χ0) is 22.5. The van der Waals surface area contributed by atoms with Crippen LogP contribution in [0.4, 0.5) is 15.2 Å². The predicted octanol–water partition coefficient (Wildman–Crippen LogP) is 4.71. The number of nitrogens with one attached hydrogen (secondary N) is 2. The number of para-hydroxylation sites is 1. The number of carbonyl (C=O) groups excluding carboxylic acids is 2. The summed E-state index contributed by atoms with van der Waals surface area (Å²) in [6.45, 7) is -0.287. The van der Waals surface area contributed by atoms with Crippen LogP contribution in [0, 0.1) is 5.82 Å². The molecule has 3 aromatic carbocycles. The molecule has 0 aliphatic heterocycles. The van der Waals surface area contributed by atoms with Gasteiger partial charge in [0.1, 0.15) is 5.82 Å². The van der Waals surface area contributed by atoms with Crippen LogP contribution in [-0.4, -0.2) is 30.5 Å². The van der Waals surface area contributed by atoms with Gasteiger partial charge in [-0.3, -0.25) is 14.9 Å². The Bertz CT molecular complexity index is 1240. The van der Waals surface area contributed by atoms with Gasteiger partial charge in [0.15, 0.2) is 23.2 Å². The molecule has 7 nitrogen and oxygen atoms in total. The van der Waals surface area contributed by atoms with Gasteiger partial charge in [-0.1, -0.05) is 23.5 Å². The van der Waals surface area contributed by atoms with Gasteiger partial charge in [0, 0.05) is 11.3 Å². The fraction of sp³-hybridized carbons (Fsp3) is 0.0870. The summed E-state index contributed by atoms with van der Waals surface area (Å²) in [6, 6.07) is 17.7. The van der Waals surface area contributed by atoms with Gasteiger partial charge in [-0.15, -0.1) is 0 Å². The zero-order valence-electron chi connectivity index (χ0n) is 16.9. The number of carbonyl (C=O) groups is 2. The molecule has 0 aliphatic rings. The quantitative estimate of drug-likeness (QED) is 0.425. The predicted molar refractivity (Wildman–Crippen MR) is 121 cm³/mol. The molecular weight excluding hydrogens is 433 g/mol. The molecule has 0 radical (unpaired) electrons. The molecule has 0 spiro atoms. The summed E-state index contributed by atoms with van der Waals surface area (Å²) in [6.07, 6.45) is 0. The van der Waals surface area contributed by atoms with E-state index in [1.54, 1.807) is 12.1 Å². The third kappa shape index (κ3) is 5.01. The van der Waals surface area contributed by atoms with E-state index in [2.05, 4.69) is 15.6 Å². The lowest BCUT2D eigenvalue weighted by Crippen LogP contribution is -2.20. The Morgan fingerprint density at radius 3 is 2.53 bits per heavy atom. The fourth-order valence-corrected chi connectivity index (χ4v) is 3.76. The minimum absolute atomic E-state index is 0.287. The van der Waals surface area contributed by atoms with Gasteiger partial charge in [0.05, 0.1) is 17.3 Å². The van der Waals surface area contributed by atoms with E-state index in [9.17, 15) is 14.0 Å².